The predicted molar refractivity (Wildman–Crippen MR) is 92.7 cm³/mol. The zero-order valence-corrected chi connectivity index (χ0v) is 14.8. The number of rotatable bonds is 6. The zero-order chi connectivity index (χ0) is 15.8. The summed E-state index contributed by atoms with van der Waals surface area (Å²) < 4.78 is 8.20. The number of hydrogen-bond acceptors (Lipinski definition) is 4. The van der Waals surface area contributed by atoms with E-state index in [1.165, 1.54) is 34.0 Å². The summed E-state index contributed by atoms with van der Waals surface area (Å²) in [6.45, 7) is 6.97. The van der Waals surface area contributed by atoms with Gasteiger partial charge in [-0.1, -0.05) is 0 Å². The van der Waals surface area contributed by atoms with Crippen LogP contribution in [-0.2, 0) is 24.9 Å². The Bertz CT molecular complexity index is 674. The molecule has 4 rings (SSSR count). The van der Waals surface area contributed by atoms with E-state index in [0.29, 0.717) is 5.92 Å². The van der Waals surface area contributed by atoms with Gasteiger partial charge in [0.1, 0.15) is 0 Å². The van der Waals surface area contributed by atoms with E-state index in [1.54, 1.807) is 0 Å². The van der Waals surface area contributed by atoms with Gasteiger partial charge in [-0.05, 0) is 37.8 Å². The van der Waals surface area contributed by atoms with Gasteiger partial charge in [0.05, 0.1) is 18.6 Å². The third-order valence-electron chi connectivity index (χ3n) is 4.85. The van der Waals surface area contributed by atoms with Crippen molar-refractivity contribution in [2.45, 2.75) is 38.8 Å². The number of aromatic nitrogens is 2. The van der Waals surface area contributed by atoms with Crippen molar-refractivity contribution in [1.29, 1.82) is 0 Å². The average Bonchev–Trinajstić information content (AvgIpc) is 3.15. The first-order valence-corrected chi connectivity index (χ1v) is 9.36. The van der Waals surface area contributed by atoms with E-state index in [1.807, 2.05) is 17.7 Å². The van der Waals surface area contributed by atoms with Gasteiger partial charge in [-0.15, -0.1) is 11.3 Å². The van der Waals surface area contributed by atoms with Crippen molar-refractivity contribution in [3.05, 3.63) is 39.6 Å². The highest BCUT2D eigenvalue weighted by molar-refractivity contribution is 7.11. The summed E-state index contributed by atoms with van der Waals surface area (Å²) in [6, 6.07) is 4.47. The Kier molecular flexibility index (Phi) is 4.26. The standard InChI is InChI=1S/C18H25N3OS/c1-13-3-6-16(23-13)8-21-7-15(11-22-10-14-4-5-14)18-17(9-21)19-12-20(18)2/h3,6,12,14-15H,4-5,7-11H2,1-2H3/t15-/m1/s1. The molecule has 0 amide bonds. The minimum atomic E-state index is 0.436. The van der Waals surface area contributed by atoms with Crippen LogP contribution in [0.25, 0.3) is 0 Å². The van der Waals surface area contributed by atoms with E-state index in [-0.39, 0.29) is 0 Å². The molecule has 0 bridgehead atoms. The Morgan fingerprint density at radius 1 is 1.30 bits per heavy atom. The van der Waals surface area contributed by atoms with E-state index in [2.05, 4.69) is 40.6 Å². The summed E-state index contributed by atoms with van der Waals surface area (Å²) in [5.41, 5.74) is 2.60. The molecule has 124 valence electrons. The Labute approximate surface area is 142 Å². The molecule has 2 aromatic rings. The van der Waals surface area contributed by atoms with E-state index in [4.69, 9.17) is 4.74 Å². The van der Waals surface area contributed by atoms with Gasteiger partial charge in [0.2, 0.25) is 0 Å². The minimum Gasteiger partial charge on any atom is -0.380 e. The maximum atomic E-state index is 6.02. The number of hydrogen-bond donors (Lipinski definition) is 0. The lowest BCUT2D eigenvalue weighted by Gasteiger charge is -2.32. The van der Waals surface area contributed by atoms with Crippen molar-refractivity contribution in [3.63, 3.8) is 0 Å². The molecular formula is C18H25N3OS. The molecule has 0 spiro atoms. The lowest BCUT2D eigenvalue weighted by Crippen LogP contribution is -2.35. The molecule has 3 heterocycles. The molecule has 0 aromatic carbocycles. The molecule has 0 N–H and O–H groups in total. The average molecular weight is 331 g/mol. The lowest BCUT2D eigenvalue weighted by atomic mass is 9.99. The Morgan fingerprint density at radius 2 is 2.17 bits per heavy atom. The Hall–Kier alpha value is -1.17. The molecule has 0 saturated heterocycles. The molecule has 4 nitrogen and oxygen atoms in total. The molecule has 0 unspecified atom stereocenters. The summed E-state index contributed by atoms with van der Waals surface area (Å²) >= 11 is 1.90. The maximum Gasteiger partial charge on any atom is 0.0949 e. The summed E-state index contributed by atoms with van der Waals surface area (Å²) in [7, 11) is 2.11. The number of aryl methyl sites for hydroxylation is 2. The Morgan fingerprint density at radius 3 is 2.91 bits per heavy atom. The molecular weight excluding hydrogens is 306 g/mol. The second-order valence-electron chi connectivity index (χ2n) is 7.05. The fourth-order valence-electron chi connectivity index (χ4n) is 3.51. The van der Waals surface area contributed by atoms with E-state index >= 15 is 0 Å². The van der Waals surface area contributed by atoms with Gasteiger partial charge in [-0.3, -0.25) is 4.90 Å². The van der Waals surface area contributed by atoms with Crippen LogP contribution in [-0.4, -0.2) is 34.2 Å². The molecule has 1 atom stereocenters. The van der Waals surface area contributed by atoms with Crippen LogP contribution < -0.4 is 0 Å². The van der Waals surface area contributed by atoms with Crippen LogP contribution in [0.4, 0.5) is 0 Å². The molecule has 0 radical (unpaired) electrons. The van der Waals surface area contributed by atoms with Crippen molar-refractivity contribution in [3.8, 4) is 0 Å². The summed E-state index contributed by atoms with van der Waals surface area (Å²) in [5.74, 6) is 1.26. The highest BCUT2D eigenvalue weighted by atomic mass is 32.1. The van der Waals surface area contributed by atoms with Gasteiger partial charge in [-0.25, -0.2) is 4.98 Å². The first kappa shape index (κ1) is 15.4. The van der Waals surface area contributed by atoms with Crippen molar-refractivity contribution < 1.29 is 4.74 Å². The highest BCUT2D eigenvalue weighted by Gasteiger charge is 2.30. The SMILES string of the molecule is Cc1ccc(CN2Cc3ncn(C)c3[C@@H](COCC3CC3)C2)s1. The molecule has 1 aliphatic heterocycles. The van der Waals surface area contributed by atoms with E-state index < -0.39 is 0 Å². The summed E-state index contributed by atoms with van der Waals surface area (Å²) in [5, 5.41) is 0. The molecule has 1 saturated carbocycles. The fraction of sp³-hybridized carbons (Fsp3) is 0.611. The lowest BCUT2D eigenvalue weighted by molar-refractivity contribution is 0.0870. The maximum absolute atomic E-state index is 6.02. The number of ether oxygens (including phenoxy) is 1. The van der Waals surface area contributed by atoms with Crippen LogP contribution in [0.3, 0.4) is 0 Å². The summed E-state index contributed by atoms with van der Waals surface area (Å²) in [4.78, 5) is 9.98. The summed E-state index contributed by atoms with van der Waals surface area (Å²) in [6.07, 6.45) is 4.66. The first-order chi connectivity index (χ1) is 11.2. The van der Waals surface area contributed by atoms with Crippen molar-refractivity contribution >= 4 is 11.3 Å². The third-order valence-corrected chi connectivity index (χ3v) is 5.83. The van der Waals surface area contributed by atoms with Gasteiger partial charge in [0.15, 0.2) is 0 Å². The molecule has 5 heteroatoms. The highest BCUT2D eigenvalue weighted by Crippen LogP contribution is 2.32. The largest absolute Gasteiger partial charge is 0.380 e. The van der Waals surface area contributed by atoms with Gasteiger partial charge in [-0.2, -0.15) is 0 Å². The fourth-order valence-corrected chi connectivity index (χ4v) is 4.45. The number of fused-ring (bicyclic) bond motifs is 1. The molecule has 2 aromatic heterocycles. The Balaban J connectivity index is 1.45. The van der Waals surface area contributed by atoms with Gasteiger partial charge < -0.3 is 9.30 Å². The number of imidazole rings is 1. The monoisotopic (exact) mass is 331 g/mol. The second-order valence-corrected chi connectivity index (χ2v) is 8.42. The second kappa shape index (κ2) is 6.38. The number of thiophene rings is 1. The smallest absolute Gasteiger partial charge is 0.0949 e. The van der Waals surface area contributed by atoms with E-state index in [9.17, 15) is 0 Å². The van der Waals surface area contributed by atoms with Crippen LogP contribution in [0.1, 0.15) is 39.9 Å². The molecule has 2 aliphatic rings. The van der Waals surface area contributed by atoms with Crippen LogP contribution in [0, 0.1) is 12.8 Å². The minimum absolute atomic E-state index is 0.436. The van der Waals surface area contributed by atoms with Gasteiger partial charge in [0.25, 0.3) is 0 Å². The number of nitrogens with zero attached hydrogens (tertiary/aromatic N) is 3. The predicted octanol–water partition coefficient (Wildman–Crippen LogP) is 3.32. The van der Waals surface area contributed by atoms with E-state index in [0.717, 1.165) is 38.8 Å². The van der Waals surface area contributed by atoms with Crippen LogP contribution in [0.2, 0.25) is 0 Å². The molecule has 1 aliphatic carbocycles. The quantitative estimate of drug-likeness (QED) is 0.813. The van der Waals surface area contributed by atoms with Crippen molar-refractivity contribution in [2.75, 3.05) is 19.8 Å². The van der Waals surface area contributed by atoms with Gasteiger partial charge in [0, 0.05) is 54.7 Å². The van der Waals surface area contributed by atoms with Crippen LogP contribution >= 0.6 is 11.3 Å². The normalized spacial score (nSPS) is 21.6. The van der Waals surface area contributed by atoms with Crippen molar-refractivity contribution in [2.24, 2.45) is 13.0 Å². The molecule has 1 fully saturated rings. The topological polar surface area (TPSA) is 30.3 Å². The first-order valence-electron chi connectivity index (χ1n) is 8.54. The van der Waals surface area contributed by atoms with Crippen LogP contribution in [0.5, 0.6) is 0 Å². The zero-order valence-electron chi connectivity index (χ0n) is 14.0. The van der Waals surface area contributed by atoms with Crippen LogP contribution in [0.15, 0.2) is 18.5 Å². The molecule has 23 heavy (non-hydrogen) atoms. The third kappa shape index (κ3) is 3.52. The van der Waals surface area contributed by atoms with Crippen molar-refractivity contribution in [1.82, 2.24) is 14.5 Å². The van der Waals surface area contributed by atoms with Gasteiger partial charge >= 0.3 is 0 Å².